The molecule has 1 aromatic heterocycles. The van der Waals surface area contributed by atoms with Crippen molar-refractivity contribution in [2.45, 2.75) is 38.3 Å². The predicted molar refractivity (Wildman–Crippen MR) is 57.9 cm³/mol. The largest absolute Gasteiger partial charge is 0.489 e. The second-order valence-corrected chi connectivity index (χ2v) is 4.37. The van der Waals surface area contributed by atoms with Crippen molar-refractivity contribution in [2.75, 3.05) is 6.54 Å². The van der Waals surface area contributed by atoms with Crippen molar-refractivity contribution in [2.24, 2.45) is 0 Å². The molecule has 0 aromatic carbocycles. The molecule has 3 nitrogen and oxygen atoms in total. The van der Waals surface area contributed by atoms with Crippen molar-refractivity contribution < 1.29 is 4.74 Å². The topological polar surface area (TPSA) is 34.1 Å². The van der Waals surface area contributed by atoms with Crippen molar-refractivity contribution in [1.29, 1.82) is 0 Å². The van der Waals surface area contributed by atoms with E-state index in [0.717, 1.165) is 25.3 Å². The molecule has 1 aliphatic carbocycles. The lowest BCUT2D eigenvalue weighted by atomic mass is 9.96. The highest BCUT2D eigenvalue weighted by Crippen LogP contribution is 2.26. The molecule has 0 amide bonds. The highest BCUT2D eigenvalue weighted by atomic mass is 16.5. The molecule has 0 atom stereocenters. The van der Waals surface area contributed by atoms with Crippen LogP contribution < -0.4 is 10.1 Å². The zero-order valence-corrected chi connectivity index (χ0v) is 8.83. The van der Waals surface area contributed by atoms with E-state index >= 15 is 0 Å². The maximum absolute atomic E-state index is 5.83. The first-order valence-electron chi connectivity index (χ1n) is 5.77. The molecule has 0 bridgehead atoms. The van der Waals surface area contributed by atoms with Gasteiger partial charge in [-0.15, -0.1) is 0 Å². The van der Waals surface area contributed by atoms with Gasteiger partial charge in [-0.25, -0.2) is 0 Å². The lowest BCUT2D eigenvalue weighted by Crippen LogP contribution is -2.26. The minimum atomic E-state index is 0.446. The molecule has 15 heavy (non-hydrogen) atoms. The van der Waals surface area contributed by atoms with Crippen LogP contribution >= 0.6 is 0 Å². The third-order valence-electron chi connectivity index (χ3n) is 3.24. The lowest BCUT2D eigenvalue weighted by molar-refractivity contribution is 0.119. The van der Waals surface area contributed by atoms with Gasteiger partial charge in [-0.3, -0.25) is 4.98 Å². The van der Waals surface area contributed by atoms with Crippen LogP contribution in [0.5, 0.6) is 5.75 Å². The Labute approximate surface area is 89.9 Å². The van der Waals surface area contributed by atoms with E-state index in [1.807, 2.05) is 6.20 Å². The van der Waals surface area contributed by atoms with E-state index in [1.54, 1.807) is 0 Å². The van der Waals surface area contributed by atoms with E-state index in [2.05, 4.69) is 16.4 Å². The van der Waals surface area contributed by atoms with Gasteiger partial charge in [0.2, 0.25) is 0 Å². The zero-order valence-electron chi connectivity index (χ0n) is 8.83. The molecule has 0 spiro atoms. The molecule has 1 aliphatic heterocycles. The van der Waals surface area contributed by atoms with Crippen molar-refractivity contribution in [3.8, 4) is 5.75 Å². The first kappa shape index (κ1) is 9.16. The number of nitrogens with one attached hydrogen (secondary N) is 1. The molecule has 3 heteroatoms. The maximum Gasteiger partial charge on any atom is 0.138 e. The molecule has 1 aromatic rings. The lowest BCUT2D eigenvalue weighted by Gasteiger charge is -2.27. The van der Waals surface area contributed by atoms with Gasteiger partial charge in [-0.2, -0.15) is 0 Å². The third kappa shape index (κ3) is 1.84. The van der Waals surface area contributed by atoms with Crippen molar-refractivity contribution in [1.82, 2.24) is 10.3 Å². The smallest absolute Gasteiger partial charge is 0.138 e. The molecule has 1 saturated carbocycles. The van der Waals surface area contributed by atoms with E-state index in [1.165, 1.54) is 30.5 Å². The van der Waals surface area contributed by atoms with Gasteiger partial charge < -0.3 is 10.1 Å². The monoisotopic (exact) mass is 204 g/mol. The summed E-state index contributed by atoms with van der Waals surface area (Å²) in [6.07, 6.45) is 7.08. The highest BCUT2D eigenvalue weighted by Gasteiger charge is 2.20. The Morgan fingerprint density at radius 1 is 1.40 bits per heavy atom. The number of hydrogen-bond acceptors (Lipinski definition) is 3. The van der Waals surface area contributed by atoms with Gasteiger partial charge in [0.15, 0.2) is 0 Å². The van der Waals surface area contributed by atoms with Gasteiger partial charge >= 0.3 is 0 Å². The number of hydrogen-bond donors (Lipinski definition) is 1. The van der Waals surface area contributed by atoms with Crippen LogP contribution in [-0.4, -0.2) is 17.6 Å². The minimum Gasteiger partial charge on any atom is -0.489 e. The first-order valence-corrected chi connectivity index (χ1v) is 5.77. The SMILES string of the molecule is c1nc2c(cc1OC1CCC1)CNCC2. The quantitative estimate of drug-likeness (QED) is 0.795. The first-order chi connectivity index (χ1) is 7.42. The summed E-state index contributed by atoms with van der Waals surface area (Å²) in [7, 11) is 0. The molecule has 2 aliphatic rings. The van der Waals surface area contributed by atoms with Gasteiger partial charge in [-0.05, 0) is 30.9 Å². The Hall–Kier alpha value is -1.09. The van der Waals surface area contributed by atoms with Crippen LogP contribution in [0.15, 0.2) is 12.3 Å². The zero-order chi connectivity index (χ0) is 10.1. The average molecular weight is 204 g/mol. The van der Waals surface area contributed by atoms with Crippen molar-refractivity contribution in [3.63, 3.8) is 0 Å². The van der Waals surface area contributed by atoms with Gasteiger partial charge in [0.1, 0.15) is 5.75 Å². The second kappa shape index (κ2) is 3.81. The second-order valence-electron chi connectivity index (χ2n) is 4.37. The molecule has 0 saturated heterocycles. The Morgan fingerprint density at radius 3 is 3.13 bits per heavy atom. The fraction of sp³-hybridized carbons (Fsp3) is 0.583. The normalized spacial score (nSPS) is 20.5. The molecular weight excluding hydrogens is 188 g/mol. The fourth-order valence-corrected chi connectivity index (χ4v) is 2.07. The summed E-state index contributed by atoms with van der Waals surface area (Å²) in [4.78, 5) is 4.47. The van der Waals surface area contributed by atoms with Gasteiger partial charge in [0, 0.05) is 25.2 Å². The van der Waals surface area contributed by atoms with Gasteiger partial charge in [-0.1, -0.05) is 0 Å². The van der Waals surface area contributed by atoms with Crippen LogP contribution in [0.25, 0.3) is 0 Å². The molecule has 0 radical (unpaired) electrons. The summed E-state index contributed by atoms with van der Waals surface area (Å²) < 4.78 is 5.83. The number of ether oxygens (including phenoxy) is 1. The van der Waals surface area contributed by atoms with Crippen LogP contribution in [0.4, 0.5) is 0 Å². The molecule has 1 N–H and O–H groups in total. The Bertz CT molecular complexity index is 361. The van der Waals surface area contributed by atoms with Gasteiger partial charge in [0.25, 0.3) is 0 Å². The number of rotatable bonds is 2. The minimum absolute atomic E-state index is 0.446. The van der Waals surface area contributed by atoms with Crippen LogP contribution in [-0.2, 0) is 13.0 Å². The number of nitrogens with zero attached hydrogens (tertiary/aromatic N) is 1. The van der Waals surface area contributed by atoms with E-state index in [4.69, 9.17) is 4.74 Å². The van der Waals surface area contributed by atoms with E-state index < -0.39 is 0 Å². The average Bonchev–Trinajstić information content (AvgIpc) is 2.23. The molecule has 2 heterocycles. The van der Waals surface area contributed by atoms with Crippen LogP contribution in [0.2, 0.25) is 0 Å². The number of aromatic nitrogens is 1. The number of pyridine rings is 1. The molecule has 0 unspecified atom stereocenters. The standard InChI is InChI=1S/C12H16N2O/c1-2-10(3-1)15-11-6-9-7-13-5-4-12(9)14-8-11/h6,8,10,13H,1-5,7H2. The summed E-state index contributed by atoms with van der Waals surface area (Å²) in [5.74, 6) is 0.946. The highest BCUT2D eigenvalue weighted by molar-refractivity contribution is 5.31. The van der Waals surface area contributed by atoms with Crippen molar-refractivity contribution >= 4 is 0 Å². The summed E-state index contributed by atoms with van der Waals surface area (Å²) in [6, 6.07) is 2.15. The maximum atomic E-state index is 5.83. The summed E-state index contributed by atoms with van der Waals surface area (Å²) in [6.45, 7) is 1.98. The van der Waals surface area contributed by atoms with Crippen molar-refractivity contribution in [3.05, 3.63) is 23.5 Å². The third-order valence-corrected chi connectivity index (χ3v) is 3.24. The number of fused-ring (bicyclic) bond motifs is 1. The fourth-order valence-electron chi connectivity index (χ4n) is 2.07. The van der Waals surface area contributed by atoms with E-state index in [-0.39, 0.29) is 0 Å². The van der Waals surface area contributed by atoms with Crippen LogP contribution in [0.3, 0.4) is 0 Å². The molecule has 3 rings (SSSR count). The van der Waals surface area contributed by atoms with Crippen LogP contribution in [0, 0.1) is 0 Å². The predicted octanol–water partition coefficient (Wildman–Crippen LogP) is 1.66. The van der Waals surface area contributed by atoms with E-state index in [0.29, 0.717) is 6.10 Å². The summed E-state index contributed by atoms with van der Waals surface area (Å²) in [5, 5.41) is 3.35. The summed E-state index contributed by atoms with van der Waals surface area (Å²) in [5.41, 5.74) is 2.53. The molecule has 1 fully saturated rings. The van der Waals surface area contributed by atoms with Gasteiger partial charge in [0.05, 0.1) is 12.3 Å². The summed E-state index contributed by atoms with van der Waals surface area (Å²) >= 11 is 0. The van der Waals surface area contributed by atoms with Crippen LogP contribution in [0.1, 0.15) is 30.5 Å². The van der Waals surface area contributed by atoms with E-state index in [9.17, 15) is 0 Å². The molecular formula is C12H16N2O. The Morgan fingerprint density at radius 2 is 2.33 bits per heavy atom. The Kier molecular flexibility index (Phi) is 2.33. The Balaban J connectivity index is 1.77. The molecule has 80 valence electrons.